The van der Waals surface area contributed by atoms with Gasteiger partial charge in [0.25, 0.3) is 0 Å². The maximum absolute atomic E-state index is 6.06. The number of rotatable bonds is 6. The Morgan fingerprint density at radius 1 is 1.33 bits per heavy atom. The van der Waals surface area contributed by atoms with Gasteiger partial charge in [-0.3, -0.25) is 4.90 Å². The maximum atomic E-state index is 6.06. The van der Waals surface area contributed by atoms with Gasteiger partial charge in [0.1, 0.15) is 0 Å². The first-order chi connectivity index (χ1) is 10.0. The Labute approximate surface area is 131 Å². The van der Waals surface area contributed by atoms with Gasteiger partial charge in [-0.15, -0.1) is 0 Å². The van der Waals surface area contributed by atoms with Crippen LogP contribution in [0.1, 0.15) is 59.8 Å². The van der Waals surface area contributed by atoms with Crippen LogP contribution >= 0.6 is 0 Å². The van der Waals surface area contributed by atoms with Gasteiger partial charge in [0.05, 0.1) is 12.7 Å². The maximum Gasteiger partial charge on any atom is 0.0794 e. The third kappa shape index (κ3) is 4.69. The normalized spacial score (nSPS) is 27.7. The first-order valence-corrected chi connectivity index (χ1v) is 8.77. The van der Waals surface area contributed by atoms with E-state index in [4.69, 9.17) is 4.74 Å². The SMILES string of the molecule is CCC(C)(C)C1=CCC(OCCN2CCCCC2C)C=C1. The topological polar surface area (TPSA) is 12.5 Å². The lowest BCUT2D eigenvalue weighted by atomic mass is 9.79. The van der Waals surface area contributed by atoms with Crippen LogP contribution in [0.2, 0.25) is 0 Å². The van der Waals surface area contributed by atoms with Crippen molar-refractivity contribution in [2.45, 2.75) is 71.9 Å². The molecular weight excluding hydrogens is 258 g/mol. The zero-order valence-corrected chi connectivity index (χ0v) is 14.4. The van der Waals surface area contributed by atoms with Crippen LogP contribution in [0.4, 0.5) is 0 Å². The van der Waals surface area contributed by atoms with E-state index in [1.807, 2.05) is 0 Å². The van der Waals surface area contributed by atoms with Gasteiger partial charge in [-0.25, -0.2) is 0 Å². The molecule has 1 heterocycles. The summed E-state index contributed by atoms with van der Waals surface area (Å²) in [5.41, 5.74) is 1.76. The van der Waals surface area contributed by atoms with Crippen molar-refractivity contribution in [3.63, 3.8) is 0 Å². The molecule has 2 heteroatoms. The number of piperidine rings is 1. The van der Waals surface area contributed by atoms with Crippen LogP contribution in [0.25, 0.3) is 0 Å². The van der Waals surface area contributed by atoms with Crippen LogP contribution in [-0.4, -0.2) is 36.7 Å². The number of likely N-dealkylation sites (tertiary alicyclic amines) is 1. The fraction of sp³-hybridized carbons (Fsp3) is 0.789. The van der Waals surface area contributed by atoms with Gasteiger partial charge in [-0.05, 0) is 50.1 Å². The van der Waals surface area contributed by atoms with Crippen molar-refractivity contribution in [1.82, 2.24) is 4.90 Å². The van der Waals surface area contributed by atoms with Gasteiger partial charge in [0, 0.05) is 12.6 Å². The molecule has 2 aliphatic rings. The van der Waals surface area contributed by atoms with Crippen LogP contribution in [0.15, 0.2) is 23.8 Å². The zero-order chi connectivity index (χ0) is 15.3. The van der Waals surface area contributed by atoms with E-state index in [-0.39, 0.29) is 6.10 Å². The molecular formula is C19H33NO. The molecule has 2 atom stereocenters. The molecule has 120 valence electrons. The highest BCUT2D eigenvalue weighted by Gasteiger charge is 2.22. The Balaban J connectivity index is 1.71. The van der Waals surface area contributed by atoms with Crippen molar-refractivity contribution in [3.05, 3.63) is 23.8 Å². The predicted octanol–water partition coefficient (Wildman–Crippen LogP) is 4.57. The van der Waals surface area contributed by atoms with Crippen molar-refractivity contribution in [2.75, 3.05) is 19.7 Å². The van der Waals surface area contributed by atoms with Crippen molar-refractivity contribution in [3.8, 4) is 0 Å². The lowest BCUT2D eigenvalue weighted by Crippen LogP contribution is -2.39. The lowest BCUT2D eigenvalue weighted by Gasteiger charge is -2.33. The minimum Gasteiger partial charge on any atom is -0.372 e. The summed E-state index contributed by atoms with van der Waals surface area (Å²) >= 11 is 0. The van der Waals surface area contributed by atoms with Gasteiger partial charge in [0.15, 0.2) is 0 Å². The van der Waals surface area contributed by atoms with E-state index in [0.717, 1.165) is 25.6 Å². The highest BCUT2D eigenvalue weighted by Crippen LogP contribution is 2.33. The van der Waals surface area contributed by atoms with Gasteiger partial charge in [-0.2, -0.15) is 0 Å². The molecule has 1 saturated heterocycles. The molecule has 0 spiro atoms. The second-order valence-electron chi connectivity index (χ2n) is 7.28. The van der Waals surface area contributed by atoms with Crippen molar-refractivity contribution in [2.24, 2.45) is 5.41 Å². The number of ether oxygens (including phenoxy) is 1. The predicted molar refractivity (Wildman–Crippen MR) is 90.5 cm³/mol. The molecule has 2 nitrogen and oxygen atoms in total. The number of hydrogen-bond acceptors (Lipinski definition) is 2. The highest BCUT2D eigenvalue weighted by molar-refractivity contribution is 5.29. The zero-order valence-electron chi connectivity index (χ0n) is 14.4. The number of nitrogens with zero attached hydrogens (tertiary/aromatic N) is 1. The summed E-state index contributed by atoms with van der Waals surface area (Å²) in [6.45, 7) is 12.4. The molecule has 21 heavy (non-hydrogen) atoms. The number of allylic oxidation sites excluding steroid dienone is 2. The standard InChI is InChI=1S/C19H33NO/c1-5-19(3,4)17-9-11-18(12-10-17)21-15-14-20-13-7-6-8-16(20)2/h9-11,16,18H,5-8,12-15H2,1-4H3. The molecule has 0 bridgehead atoms. The van der Waals surface area contributed by atoms with E-state index >= 15 is 0 Å². The molecule has 1 aliphatic heterocycles. The summed E-state index contributed by atoms with van der Waals surface area (Å²) in [7, 11) is 0. The van der Waals surface area contributed by atoms with E-state index in [2.05, 4.69) is 50.8 Å². The minimum absolute atomic E-state index is 0.279. The van der Waals surface area contributed by atoms with Gasteiger partial charge < -0.3 is 4.74 Å². The molecule has 2 unspecified atom stereocenters. The third-order valence-corrected chi connectivity index (χ3v) is 5.38. The molecule has 1 fully saturated rings. The molecule has 0 radical (unpaired) electrons. The average molecular weight is 291 g/mol. The Kier molecular flexibility index (Phi) is 6.07. The molecule has 2 rings (SSSR count). The second kappa shape index (κ2) is 7.60. The second-order valence-corrected chi connectivity index (χ2v) is 7.28. The lowest BCUT2D eigenvalue weighted by molar-refractivity contribution is 0.0479. The van der Waals surface area contributed by atoms with Crippen LogP contribution < -0.4 is 0 Å². The molecule has 1 aliphatic carbocycles. The fourth-order valence-corrected chi connectivity index (χ4v) is 3.24. The fourth-order valence-electron chi connectivity index (χ4n) is 3.24. The van der Waals surface area contributed by atoms with Crippen LogP contribution in [0.3, 0.4) is 0 Å². The quantitative estimate of drug-likeness (QED) is 0.711. The third-order valence-electron chi connectivity index (χ3n) is 5.38. The van der Waals surface area contributed by atoms with Crippen LogP contribution in [0, 0.1) is 5.41 Å². The Hall–Kier alpha value is -0.600. The Bertz CT molecular complexity index is 383. The van der Waals surface area contributed by atoms with E-state index in [1.165, 1.54) is 37.8 Å². The minimum atomic E-state index is 0.279. The largest absolute Gasteiger partial charge is 0.372 e. The summed E-state index contributed by atoms with van der Waals surface area (Å²) in [6, 6.07) is 0.737. The van der Waals surface area contributed by atoms with E-state index < -0.39 is 0 Å². The van der Waals surface area contributed by atoms with Gasteiger partial charge in [-0.1, -0.05) is 45.4 Å². The molecule has 0 aromatic heterocycles. The first kappa shape index (κ1) is 16.8. The molecule has 0 aromatic carbocycles. The van der Waals surface area contributed by atoms with Crippen molar-refractivity contribution in [1.29, 1.82) is 0 Å². The molecule has 0 N–H and O–H groups in total. The summed E-state index contributed by atoms with van der Waals surface area (Å²) in [5.74, 6) is 0. The van der Waals surface area contributed by atoms with Gasteiger partial charge >= 0.3 is 0 Å². The van der Waals surface area contributed by atoms with Crippen LogP contribution in [0.5, 0.6) is 0 Å². The Morgan fingerprint density at radius 3 is 2.76 bits per heavy atom. The molecule has 0 saturated carbocycles. The van der Waals surface area contributed by atoms with E-state index in [0.29, 0.717) is 5.41 Å². The van der Waals surface area contributed by atoms with E-state index in [1.54, 1.807) is 0 Å². The summed E-state index contributed by atoms with van der Waals surface area (Å²) in [4.78, 5) is 2.58. The number of hydrogen-bond donors (Lipinski definition) is 0. The van der Waals surface area contributed by atoms with Gasteiger partial charge in [0.2, 0.25) is 0 Å². The summed E-state index contributed by atoms with van der Waals surface area (Å²) in [5, 5.41) is 0. The summed E-state index contributed by atoms with van der Waals surface area (Å²) < 4.78 is 6.06. The monoisotopic (exact) mass is 291 g/mol. The molecule has 0 amide bonds. The van der Waals surface area contributed by atoms with Crippen molar-refractivity contribution < 1.29 is 4.74 Å². The summed E-state index contributed by atoms with van der Waals surface area (Å²) in [6.07, 6.45) is 13.5. The van der Waals surface area contributed by atoms with Crippen LogP contribution in [-0.2, 0) is 4.74 Å². The van der Waals surface area contributed by atoms with E-state index in [9.17, 15) is 0 Å². The van der Waals surface area contributed by atoms with Crippen molar-refractivity contribution >= 4 is 0 Å². The highest BCUT2D eigenvalue weighted by atomic mass is 16.5. The average Bonchev–Trinajstić information content (AvgIpc) is 2.50. The Morgan fingerprint density at radius 2 is 2.14 bits per heavy atom. The first-order valence-electron chi connectivity index (χ1n) is 8.77. The smallest absolute Gasteiger partial charge is 0.0794 e. The molecule has 0 aromatic rings.